The molecular weight excluding hydrogens is 318 g/mol. The topological polar surface area (TPSA) is 30.5 Å². The molecule has 1 N–H and O–H groups in total. The molecule has 110 valence electrons. The van der Waals surface area contributed by atoms with Crippen molar-refractivity contribution < 1.29 is 9.47 Å². The summed E-state index contributed by atoms with van der Waals surface area (Å²) in [6.07, 6.45) is 4.30. The quantitative estimate of drug-likeness (QED) is 0.889. The fourth-order valence-electron chi connectivity index (χ4n) is 3.31. The Hall–Kier alpha value is -0.740. The molecule has 2 aliphatic heterocycles. The molecule has 4 heteroatoms. The van der Waals surface area contributed by atoms with E-state index in [1.807, 2.05) is 0 Å². The average Bonchev–Trinajstić information content (AvgIpc) is 2.74. The average molecular weight is 340 g/mol. The van der Waals surface area contributed by atoms with Gasteiger partial charge in [0.1, 0.15) is 0 Å². The molecule has 2 heterocycles. The standard InChI is InChI=1S/C16H22BrNO2/c1-3-11-12(16(2)6-4-7-18-16)10-13(17)15-14(11)19-8-5-9-20-15/h10,18H,3-9H2,1-2H3. The fourth-order valence-corrected chi connectivity index (χ4v) is 3.83. The van der Waals surface area contributed by atoms with E-state index in [-0.39, 0.29) is 5.54 Å². The Kier molecular flexibility index (Phi) is 3.95. The number of rotatable bonds is 2. The van der Waals surface area contributed by atoms with Crippen LogP contribution in [0, 0.1) is 0 Å². The lowest BCUT2D eigenvalue weighted by molar-refractivity contribution is 0.295. The van der Waals surface area contributed by atoms with E-state index in [1.165, 1.54) is 24.0 Å². The van der Waals surface area contributed by atoms with Crippen molar-refractivity contribution in [3.63, 3.8) is 0 Å². The molecule has 1 saturated heterocycles. The van der Waals surface area contributed by atoms with Crippen molar-refractivity contribution in [2.24, 2.45) is 0 Å². The summed E-state index contributed by atoms with van der Waals surface area (Å²) >= 11 is 3.67. The Morgan fingerprint density at radius 3 is 2.65 bits per heavy atom. The summed E-state index contributed by atoms with van der Waals surface area (Å²) in [5.74, 6) is 1.83. The van der Waals surface area contributed by atoms with E-state index in [0.717, 1.165) is 48.6 Å². The van der Waals surface area contributed by atoms with Crippen LogP contribution < -0.4 is 14.8 Å². The minimum Gasteiger partial charge on any atom is -0.489 e. The maximum Gasteiger partial charge on any atom is 0.175 e. The van der Waals surface area contributed by atoms with Crippen molar-refractivity contribution in [1.82, 2.24) is 5.32 Å². The highest BCUT2D eigenvalue weighted by Gasteiger charge is 2.34. The molecule has 0 aliphatic carbocycles. The lowest BCUT2D eigenvalue weighted by atomic mass is 9.85. The van der Waals surface area contributed by atoms with Crippen LogP contribution in [0.1, 0.15) is 44.2 Å². The van der Waals surface area contributed by atoms with E-state index >= 15 is 0 Å². The Morgan fingerprint density at radius 2 is 2.00 bits per heavy atom. The van der Waals surface area contributed by atoms with Crippen LogP contribution in [0.4, 0.5) is 0 Å². The van der Waals surface area contributed by atoms with Crippen molar-refractivity contribution in [2.75, 3.05) is 19.8 Å². The second kappa shape index (κ2) is 5.57. The van der Waals surface area contributed by atoms with Gasteiger partial charge in [0.05, 0.1) is 17.7 Å². The Balaban J connectivity index is 2.15. The number of ether oxygens (including phenoxy) is 2. The van der Waals surface area contributed by atoms with Crippen LogP contribution in [0.3, 0.4) is 0 Å². The Labute approximate surface area is 129 Å². The van der Waals surface area contributed by atoms with Crippen LogP contribution in [0.15, 0.2) is 10.5 Å². The van der Waals surface area contributed by atoms with E-state index in [9.17, 15) is 0 Å². The number of halogens is 1. The third kappa shape index (κ3) is 2.33. The number of fused-ring (bicyclic) bond motifs is 1. The molecular formula is C16H22BrNO2. The predicted octanol–water partition coefficient (Wildman–Crippen LogP) is 3.77. The minimum absolute atomic E-state index is 0.0541. The van der Waals surface area contributed by atoms with Gasteiger partial charge in [0, 0.05) is 17.5 Å². The first-order valence-electron chi connectivity index (χ1n) is 7.52. The maximum absolute atomic E-state index is 6.01. The number of nitrogens with one attached hydrogen (secondary N) is 1. The normalized spacial score (nSPS) is 25.6. The van der Waals surface area contributed by atoms with Gasteiger partial charge in [-0.15, -0.1) is 0 Å². The van der Waals surface area contributed by atoms with Crippen molar-refractivity contribution >= 4 is 15.9 Å². The van der Waals surface area contributed by atoms with E-state index in [4.69, 9.17) is 9.47 Å². The van der Waals surface area contributed by atoms with Gasteiger partial charge in [-0.05, 0) is 60.3 Å². The zero-order chi connectivity index (χ0) is 14.2. The van der Waals surface area contributed by atoms with Crippen LogP contribution in [0.5, 0.6) is 11.5 Å². The first kappa shape index (κ1) is 14.2. The van der Waals surface area contributed by atoms with Crippen LogP contribution in [0.2, 0.25) is 0 Å². The highest BCUT2D eigenvalue weighted by atomic mass is 79.9. The largest absolute Gasteiger partial charge is 0.489 e. The lowest BCUT2D eigenvalue weighted by Crippen LogP contribution is -2.34. The van der Waals surface area contributed by atoms with Gasteiger partial charge in [-0.2, -0.15) is 0 Å². The molecule has 1 unspecified atom stereocenters. The van der Waals surface area contributed by atoms with Crippen molar-refractivity contribution in [2.45, 2.75) is 45.1 Å². The van der Waals surface area contributed by atoms with Crippen LogP contribution in [-0.2, 0) is 12.0 Å². The van der Waals surface area contributed by atoms with Crippen LogP contribution >= 0.6 is 15.9 Å². The van der Waals surface area contributed by atoms with Crippen molar-refractivity contribution in [3.05, 3.63) is 21.7 Å². The minimum atomic E-state index is 0.0541. The molecule has 0 saturated carbocycles. The van der Waals surface area contributed by atoms with E-state index in [1.54, 1.807) is 0 Å². The first-order valence-corrected chi connectivity index (χ1v) is 8.31. The monoisotopic (exact) mass is 339 g/mol. The fraction of sp³-hybridized carbons (Fsp3) is 0.625. The molecule has 3 nitrogen and oxygen atoms in total. The molecule has 20 heavy (non-hydrogen) atoms. The summed E-state index contributed by atoms with van der Waals surface area (Å²) in [7, 11) is 0. The van der Waals surface area contributed by atoms with Gasteiger partial charge in [-0.1, -0.05) is 6.92 Å². The lowest BCUT2D eigenvalue weighted by Gasteiger charge is -2.29. The molecule has 1 aromatic rings. The van der Waals surface area contributed by atoms with Crippen LogP contribution in [-0.4, -0.2) is 19.8 Å². The van der Waals surface area contributed by atoms with Gasteiger partial charge in [0.25, 0.3) is 0 Å². The molecule has 0 amide bonds. The maximum atomic E-state index is 6.01. The number of hydrogen-bond donors (Lipinski definition) is 1. The molecule has 1 aromatic carbocycles. The summed E-state index contributed by atoms with van der Waals surface area (Å²) in [4.78, 5) is 0. The third-order valence-corrected chi connectivity index (χ3v) is 4.98. The molecule has 3 rings (SSSR count). The first-order chi connectivity index (χ1) is 9.65. The summed E-state index contributed by atoms with van der Waals surface area (Å²) in [6.45, 7) is 7.04. The molecule has 0 radical (unpaired) electrons. The summed E-state index contributed by atoms with van der Waals surface area (Å²) in [5.41, 5.74) is 2.70. The van der Waals surface area contributed by atoms with Gasteiger partial charge >= 0.3 is 0 Å². The zero-order valence-corrected chi connectivity index (χ0v) is 13.8. The zero-order valence-electron chi connectivity index (χ0n) is 12.2. The van der Waals surface area contributed by atoms with Crippen molar-refractivity contribution in [1.29, 1.82) is 0 Å². The molecule has 1 atom stereocenters. The number of benzene rings is 1. The summed E-state index contributed by atoms with van der Waals surface area (Å²) in [5, 5.41) is 3.66. The molecule has 1 fully saturated rings. The predicted molar refractivity (Wildman–Crippen MR) is 83.7 cm³/mol. The van der Waals surface area contributed by atoms with E-state index in [2.05, 4.69) is 41.2 Å². The second-order valence-electron chi connectivity index (χ2n) is 5.81. The molecule has 0 spiro atoms. The number of hydrogen-bond acceptors (Lipinski definition) is 3. The van der Waals surface area contributed by atoms with Crippen molar-refractivity contribution in [3.8, 4) is 11.5 Å². The highest BCUT2D eigenvalue weighted by Crippen LogP contribution is 2.46. The van der Waals surface area contributed by atoms with Gasteiger partial charge < -0.3 is 14.8 Å². The highest BCUT2D eigenvalue weighted by molar-refractivity contribution is 9.10. The van der Waals surface area contributed by atoms with E-state index < -0.39 is 0 Å². The molecule has 2 aliphatic rings. The Morgan fingerprint density at radius 1 is 1.25 bits per heavy atom. The van der Waals surface area contributed by atoms with Gasteiger partial charge in [-0.3, -0.25) is 0 Å². The SMILES string of the molecule is CCc1c(C2(C)CCCN2)cc(Br)c2c1OCCCO2. The summed E-state index contributed by atoms with van der Waals surface area (Å²) in [6, 6.07) is 2.23. The third-order valence-electron chi connectivity index (χ3n) is 4.39. The molecule has 0 bridgehead atoms. The van der Waals surface area contributed by atoms with E-state index in [0.29, 0.717) is 0 Å². The van der Waals surface area contributed by atoms with Crippen LogP contribution in [0.25, 0.3) is 0 Å². The second-order valence-corrected chi connectivity index (χ2v) is 6.66. The van der Waals surface area contributed by atoms with Gasteiger partial charge in [0.15, 0.2) is 11.5 Å². The van der Waals surface area contributed by atoms with Gasteiger partial charge in [-0.25, -0.2) is 0 Å². The smallest absolute Gasteiger partial charge is 0.175 e. The summed E-state index contributed by atoms with van der Waals surface area (Å²) < 4.78 is 12.9. The Bertz CT molecular complexity index is 510. The molecule has 0 aromatic heterocycles. The van der Waals surface area contributed by atoms with Gasteiger partial charge in [0.2, 0.25) is 0 Å².